The minimum Gasteiger partial charge on any atom is -0.449 e. The largest absolute Gasteiger partial charge is 0.449 e. The normalized spacial score (nSPS) is 12.4. The predicted molar refractivity (Wildman–Crippen MR) is 108 cm³/mol. The molecule has 0 saturated heterocycles. The van der Waals surface area contributed by atoms with Crippen molar-refractivity contribution < 1.29 is 27.6 Å². The van der Waals surface area contributed by atoms with Gasteiger partial charge in [-0.25, -0.2) is 13.2 Å². The Morgan fingerprint density at radius 3 is 2.31 bits per heavy atom. The smallest absolute Gasteiger partial charge is 0.338 e. The van der Waals surface area contributed by atoms with E-state index in [9.17, 15) is 18.0 Å². The second-order valence-corrected chi connectivity index (χ2v) is 8.03. The first-order valence-electron chi connectivity index (χ1n) is 8.92. The molecule has 8 nitrogen and oxygen atoms in total. The standard InChI is InChI=1S/C20H24N2O6S/c1-5-22(17-11-7-6-8-12-17)19(23)15(2)28-20(24)16-10-9-13-18(14-16)29(25,26)21(3)27-4/h6-15H,5H2,1-4H3/t15-/m1/s1. The number of hydrogen-bond acceptors (Lipinski definition) is 6. The van der Waals surface area contributed by atoms with Crippen molar-refractivity contribution in [1.82, 2.24) is 4.47 Å². The van der Waals surface area contributed by atoms with Gasteiger partial charge in [-0.15, -0.1) is 0 Å². The van der Waals surface area contributed by atoms with Gasteiger partial charge in [-0.2, -0.15) is 0 Å². The van der Waals surface area contributed by atoms with Gasteiger partial charge in [-0.3, -0.25) is 9.63 Å². The van der Waals surface area contributed by atoms with Gasteiger partial charge in [-0.05, 0) is 44.2 Å². The van der Waals surface area contributed by atoms with Crippen molar-refractivity contribution in [2.75, 3.05) is 25.6 Å². The molecule has 0 N–H and O–H groups in total. The number of likely N-dealkylation sites (N-methyl/N-ethyl adjacent to an activating group) is 1. The van der Waals surface area contributed by atoms with E-state index in [1.54, 1.807) is 12.1 Å². The highest BCUT2D eigenvalue weighted by atomic mass is 32.2. The summed E-state index contributed by atoms with van der Waals surface area (Å²) in [5, 5.41) is 0. The number of esters is 1. The number of hydrogen-bond donors (Lipinski definition) is 0. The molecule has 2 rings (SSSR count). The van der Waals surface area contributed by atoms with Crippen LogP contribution in [0.1, 0.15) is 24.2 Å². The molecule has 0 aliphatic heterocycles. The molecule has 1 atom stereocenters. The van der Waals surface area contributed by atoms with Crippen LogP contribution in [0.15, 0.2) is 59.5 Å². The van der Waals surface area contributed by atoms with E-state index in [4.69, 9.17) is 9.57 Å². The maximum atomic E-state index is 12.7. The lowest BCUT2D eigenvalue weighted by atomic mass is 10.2. The van der Waals surface area contributed by atoms with E-state index in [1.807, 2.05) is 25.1 Å². The zero-order valence-electron chi connectivity index (χ0n) is 16.7. The molecule has 2 aromatic rings. The van der Waals surface area contributed by atoms with Crippen molar-refractivity contribution in [2.24, 2.45) is 0 Å². The summed E-state index contributed by atoms with van der Waals surface area (Å²) in [7, 11) is -1.46. The summed E-state index contributed by atoms with van der Waals surface area (Å²) >= 11 is 0. The summed E-state index contributed by atoms with van der Waals surface area (Å²) in [4.78, 5) is 31.3. The molecule has 0 aromatic heterocycles. The van der Waals surface area contributed by atoms with E-state index >= 15 is 0 Å². The first kappa shape index (κ1) is 22.5. The van der Waals surface area contributed by atoms with E-state index in [2.05, 4.69) is 0 Å². The molecule has 1 amide bonds. The van der Waals surface area contributed by atoms with Gasteiger partial charge in [-0.1, -0.05) is 28.7 Å². The first-order valence-corrected chi connectivity index (χ1v) is 10.4. The lowest BCUT2D eigenvalue weighted by molar-refractivity contribution is -0.126. The Kier molecular flexibility index (Phi) is 7.49. The van der Waals surface area contributed by atoms with E-state index in [0.29, 0.717) is 16.7 Å². The van der Waals surface area contributed by atoms with Crippen LogP contribution in [0.25, 0.3) is 0 Å². The number of sulfonamides is 1. The third-order valence-corrected chi connectivity index (χ3v) is 5.92. The molecule has 0 aliphatic rings. The Labute approximate surface area is 170 Å². The molecule has 0 fully saturated rings. The van der Waals surface area contributed by atoms with Crippen molar-refractivity contribution >= 4 is 27.6 Å². The Hall–Kier alpha value is -2.75. The number of hydroxylamine groups is 1. The number of anilines is 1. The molecule has 0 bridgehead atoms. The van der Waals surface area contributed by atoms with Crippen LogP contribution in [0.3, 0.4) is 0 Å². The molecular formula is C20H24N2O6S. The number of ether oxygens (including phenoxy) is 1. The summed E-state index contributed by atoms with van der Waals surface area (Å²) < 4.78 is 30.7. The lowest BCUT2D eigenvalue weighted by Gasteiger charge is -2.24. The van der Waals surface area contributed by atoms with Gasteiger partial charge in [0.2, 0.25) is 0 Å². The second kappa shape index (κ2) is 9.64. The molecule has 0 saturated carbocycles. The van der Waals surface area contributed by atoms with Gasteiger partial charge < -0.3 is 9.64 Å². The molecule has 0 aliphatic carbocycles. The van der Waals surface area contributed by atoms with Crippen molar-refractivity contribution in [1.29, 1.82) is 0 Å². The van der Waals surface area contributed by atoms with Crippen molar-refractivity contribution in [3.05, 3.63) is 60.2 Å². The topological polar surface area (TPSA) is 93.2 Å². The third kappa shape index (κ3) is 5.20. The lowest BCUT2D eigenvalue weighted by Crippen LogP contribution is -2.40. The summed E-state index contributed by atoms with van der Waals surface area (Å²) in [5.74, 6) is -1.18. The molecule has 0 heterocycles. The zero-order chi connectivity index (χ0) is 21.6. The maximum Gasteiger partial charge on any atom is 0.338 e. The third-order valence-electron chi connectivity index (χ3n) is 4.24. The van der Waals surface area contributed by atoms with Gasteiger partial charge in [0.15, 0.2) is 6.10 Å². The van der Waals surface area contributed by atoms with E-state index in [1.165, 1.54) is 50.2 Å². The molecule has 0 spiro atoms. The fourth-order valence-electron chi connectivity index (χ4n) is 2.60. The first-order chi connectivity index (χ1) is 13.7. The highest BCUT2D eigenvalue weighted by Crippen LogP contribution is 2.18. The minimum atomic E-state index is -3.92. The number of carbonyl (C=O) groups excluding carboxylic acids is 2. The summed E-state index contributed by atoms with van der Waals surface area (Å²) in [6, 6.07) is 14.4. The van der Waals surface area contributed by atoms with Crippen molar-refractivity contribution in [3.8, 4) is 0 Å². The Morgan fingerprint density at radius 2 is 1.72 bits per heavy atom. The Morgan fingerprint density at radius 1 is 1.07 bits per heavy atom. The fraction of sp³-hybridized carbons (Fsp3) is 0.300. The number of amides is 1. The van der Waals surface area contributed by atoms with Gasteiger partial charge in [0.1, 0.15) is 0 Å². The highest BCUT2D eigenvalue weighted by molar-refractivity contribution is 7.89. The number of nitrogens with zero attached hydrogens (tertiary/aromatic N) is 2. The van der Waals surface area contributed by atoms with Gasteiger partial charge in [0.05, 0.1) is 17.6 Å². The fourth-order valence-corrected chi connectivity index (χ4v) is 3.62. The Bertz CT molecular complexity index is 962. The average Bonchev–Trinajstić information content (AvgIpc) is 2.74. The van der Waals surface area contributed by atoms with Crippen LogP contribution < -0.4 is 4.90 Å². The molecule has 2 aromatic carbocycles. The van der Waals surface area contributed by atoms with Crippen LogP contribution in [0.2, 0.25) is 0 Å². The molecule has 9 heteroatoms. The predicted octanol–water partition coefficient (Wildman–Crippen LogP) is 2.47. The van der Waals surface area contributed by atoms with Crippen LogP contribution in [0.4, 0.5) is 5.69 Å². The summed E-state index contributed by atoms with van der Waals surface area (Å²) in [6.45, 7) is 3.70. The molecule has 29 heavy (non-hydrogen) atoms. The monoisotopic (exact) mass is 420 g/mol. The zero-order valence-corrected chi connectivity index (χ0v) is 17.5. The summed E-state index contributed by atoms with van der Waals surface area (Å²) in [5.41, 5.74) is 0.705. The molecule has 0 radical (unpaired) electrons. The van der Waals surface area contributed by atoms with Crippen LogP contribution >= 0.6 is 0 Å². The SMILES string of the molecule is CCN(C(=O)[C@@H](C)OC(=O)c1cccc(S(=O)(=O)N(C)OC)c1)c1ccccc1. The van der Waals surface area contributed by atoms with Crippen LogP contribution in [0.5, 0.6) is 0 Å². The van der Waals surface area contributed by atoms with Gasteiger partial charge in [0, 0.05) is 19.3 Å². The van der Waals surface area contributed by atoms with Crippen molar-refractivity contribution in [3.63, 3.8) is 0 Å². The second-order valence-electron chi connectivity index (χ2n) is 6.09. The Balaban J connectivity index is 2.17. The van der Waals surface area contributed by atoms with Crippen LogP contribution in [-0.2, 0) is 24.4 Å². The average molecular weight is 420 g/mol. The van der Waals surface area contributed by atoms with Gasteiger partial charge in [0.25, 0.3) is 15.9 Å². The van der Waals surface area contributed by atoms with Gasteiger partial charge >= 0.3 is 5.97 Å². The highest BCUT2D eigenvalue weighted by Gasteiger charge is 2.26. The van der Waals surface area contributed by atoms with E-state index < -0.39 is 22.1 Å². The summed E-state index contributed by atoms with van der Waals surface area (Å²) in [6.07, 6.45) is -1.05. The number of para-hydroxylation sites is 1. The molecular weight excluding hydrogens is 396 g/mol. The van der Waals surface area contributed by atoms with E-state index in [0.717, 1.165) is 0 Å². The number of benzene rings is 2. The maximum absolute atomic E-state index is 12.7. The quantitative estimate of drug-likeness (QED) is 0.481. The van der Waals surface area contributed by atoms with E-state index in [-0.39, 0.29) is 16.4 Å². The van der Waals surface area contributed by atoms with Crippen molar-refractivity contribution in [2.45, 2.75) is 24.8 Å². The molecule has 156 valence electrons. The van der Waals surface area contributed by atoms with Crippen LogP contribution in [-0.4, -0.2) is 51.6 Å². The number of rotatable bonds is 8. The number of carbonyl (C=O) groups is 2. The van der Waals surface area contributed by atoms with Crippen LogP contribution in [0, 0.1) is 0 Å². The molecule has 0 unspecified atom stereocenters. The minimum absolute atomic E-state index is 0.0120.